The van der Waals surface area contributed by atoms with Gasteiger partial charge in [-0.25, -0.2) is 4.79 Å². The van der Waals surface area contributed by atoms with Crippen LogP contribution in [0, 0.1) is 5.92 Å². The van der Waals surface area contributed by atoms with Crippen molar-refractivity contribution in [1.82, 2.24) is 10.2 Å². The minimum atomic E-state index is -0.975. The number of nitrogens with one attached hydrogen (secondary N) is 1. The molecule has 0 fully saturated rings. The largest absolute Gasteiger partial charge is 0.480 e. The van der Waals surface area contributed by atoms with Crippen molar-refractivity contribution < 1.29 is 14.7 Å². The van der Waals surface area contributed by atoms with Crippen LogP contribution >= 0.6 is 0 Å². The third-order valence-corrected chi connectivity index (χ3v) is 2.51. The Hall–Kier alpha value is -1.26. The van der Waals surface area contributed by atoms with Crippen molar-refractivity contribution in [1.29, 1.82) is 0 Å². The molecule has 0 aliphatic rings. The quantitative estimate of drug-likeness (QED) is 0.623. The van der Waals surface area contributed by atoms with Crippen molar-refractivity contribution in [2.45, 2.75) is 46.5 Å². The van der Waals surface area contributed by atoms with Gasteiger partial charge in [-0.2, -0.15) is 0 Å². The highest BCUT2D eigenvalue weighted by atomic mass is 16.4. The zero-order chi connectivity index (χ0) is 14.0. The molecule has 5 nitrogen and oxygen atoms in total. The van der Waals surface area contributed by atoms with Gasteiger partial charge in [-0.1, -0.05) is 40.0 Å². The van der Waals surface area contributed by atoms with E-state index in [0.29, 0.717) is 13.1 Å². The molecule has 0 bridgehead atoms. The van der Waals surface area contributed by atoms with Crippen LogP contribution in [0.25, 0.3) is 0 Å². The Morgan fingerprint density at radius 1 is 1.22 bits per heavy atom. The summed E-state index contributed by atoms with van der Waals surface area (Å²) in [6.07, 6.45) is 4.37. The topological polar surface area (TPSA) is 69.6 Å². The van der Waals surface area contributed by atoms with Crippen molar-refractivity contribution >= 4 is 12.0 Å². The Morgan fingerprint density at radius 3 is 2.39 bits per heavy atom. The highest BCUT2D eigenvalue weighted by Crippen LogP contribution is 2.00. The maximum Gasteiger partial charge on any atom is 0.323 e. The normalized spacial score (nSPS) is 10.4. The van der Waals surface area contributed by atoms with Crippen LogP contribution in [0.1, 0.15) is 46.5 Å². The van der Waals surface area contributed by atoms with E-state index in [9.17, 15) is 9.59 Å². The van der Waals surface area contributed by atoms with Gasteiger partial charge in [0.25, 0.3) is 0 Å². The minimum Gasteiger partial charge on any atom is -0.480 e. The molecule has 0 aromatic carbocycles. The summed E-state index contributed by atoms with van der Waals surface area (Å²) in [6.45, 7) is 6.90. The zero-order valence-corrected chi connectivity index (χ0v) is 11.7. The van der Waals surface area contributed by atoms with E-state index in [1.54, 1.807) is 0 Å². The van der Waals surface area contributed by atoms with Crippen molar-refractivity contribution in [3.05, 3.63) is 0 Å². The van der Waals surface area contributed by atoms with Gasteiger partial charge >= 0.3 is 12.0 Å². The fourth-order valence-electron chi connectivity index (χ4n) is 1.68. The van der Waals surface area contributed by atoms with Crippen LogP contribution in [0.15, 0.2) is 0 Å². The first kappa shape index (κ1) is 16.7. The third-order valence-electron chi connectivity index (χ3n) is 2.51. The monoisotopic (exact) mass is 258 g/mol. The predicted molar refractivity (Wildman–Crippen MR) is 71.6 cm³/mol. The number of amides is 2. The van der Waals surface area contributed by atoms with Crippen LogP contribution in [-0.2, 0) is 4.79 Å². The number of carboxylic acids is 1. The number of hydrogen-bond acceptors (Lipinski definition) is 2. The predicted octanol–water partition coefficient (Wildman–Crippen LogP) is 2.32. The van der Waals surface area contributed by atoms with Crippen LogP contribution in [0.2, 0.25) is 0 Å². The summed E-state index contributed by atoms with van der Waals surface area (Å²) in [5.74, 6) is -0.716. The van der Waals surface area contributed by atoms with Gasteiger partial charge < -0.3 is 15.3 Å². The van der Waals surface area contributed by atoms with Gasteiger partial charge in [-0.3, -0.25) is 4.79 Å². The molecule has 0 radical (unpaired) electrons. The summed E-state index contributed by atoms with van der Waals surface area (Å²) in [4.78, 5) is 23.8. The first-order valence-electron chi connectivity index (χ1n) is 6.72. The van der Waals surface area contributed by atoms with E-state index in [2.05, 4.69) is 12.2 Å². The molecule has 2 amide bonds. The molecule has 0 saturated heterocycles. The maximum atomic E-state index is 11.8. The second-order valence-corrected chi connectivity index (χ2v) is 4.96. The Labute approximate surface area is 110 Å². The number of carboxylic acid groups (broad SMARTS) is 1. The SMILES string of the molecule is CCCCCCNC(=O)N(CC(=O)O)CC(C)C. The Kier molecular flexibility index (Phi) is 9.06. The molecule has 0 aromatic rings. The fraction of sp³-hybridized carbons (Fsp3) is 0.846. The average Bonchev–Trinajstić information content (AvgIpc) is 2.26. The molecule has 0 spiro atoms. The molecule has 0 aliphatic carbocycles. The molecule has 0 rings (SSSR count). The average molecular weight is 258 g/mol. The number of rotatable bonds is 9. The molecule has 5 heteroatoms. The Balaban J connectivity index is 4.00. The number of carbonyl (C=O) groups is 2. The third kappa shape index (κ3) is 8.84. The molecular formula is C13H26N2O3. The Morgan fingerprint density at radius 2 is 1.89 bits per heavy atom. The lowest BCUT2D eigenvalue weighted by molar-refractivity contribution is -0.137. The van der Waals surface area contributed by atoms with Gasteiger partial charge in [-0.05, 0) is 12.3 Å². The van der Waals surface area contributed by atoms with Crippen LogP contribution in [0.3, 0.4) is 0 Å². The van der Waals surface area contributed by atoms with Crippen molar-refractivity contribution in [2.24, 2.45) is 5.92 Å². The van der Waals surface area contributed by atoms with Crippen LogP contribution < -0.4 is 5.32 Å². The first-order valence-corrected chi connectivity index (χ1v) is 6.72. The van der Waals surface area contributed by atoms with Gasteiger partial charge in [0.1, 0.15) is 6.54 Å². The number of unbranched alkanes of at least 4 members (excludes halogenated alkanes) is 3. The summed E-state index contributed by atoms with van der Waals surface area (Å²) < 4.78 is 0. The minimum absolute atomic E-state index is 0.237. The molecular weight excluding hydrogens is 232 g/mol. The fourth-order valence-corrected chi connectivity index (χ4v) is 1.68. The summed E-state index contributed by atoms with van der Waals surface area (Å²) in [5, 5.41) is 11.5. The van der Waals surface area contributed by atoms with Crippen LogP contribution in [-0.4, -0.2) is 41.6 Å². The summed E-state index contributed by atoms with van der Waals surface area (Å²) in [7, 11) is 0. The van der Waals surface area contributed by atoms with Gasteiger partial charge in [0.15, 0.2) is 0 Å². The molecule has 0 unspecified atom stereocenters. The number of urea groups is 1. The van der Waals surface area contributed by atoms with Gasteiger partial charge in [0.05, 0.1) is 0 Å². The molecule has 0 aliphatic heterocycles. The van der Waals surface area contributed by atoms with E-state index in [4.69, 9.17) is 5.11 Å². The van der Waals surface area contributed by atoms with Gasteiger partial charge in [0, 0.05) is 13.1 Å². The molecule has 0 atom stereocenters. The molecule has 0 saturated carbocycles. The van der Waals surface area contributed by atoms with Crippen LogP contribution in [0.5, 0.6) is 0 Å². The lowest BCUT2D eigenvalue weighted by atomic mass is 10.2. The molecule has 18 heavy (non-hydrogen) atoms. The molecule has 0 heterocycles. The van der Waals surface area contributed by atoms with Gasteiger partial charge in [0.2, 0.25) is 0 Å². The van der Waals surface area contributed by atoms with Crippen molar-refractivity contribution in [3.8, 4) is 0 Å². The van der Waals surface area contributed by atoms with E-state index >= 15 is 0 Å². The van der Waals surface area contributed by atoms with Crippen LogP contribution in [0.4, 0.5) is 4.79 Å². The summed E-state index contributed by atoms with van der Waals surface area (Å²) >= 11 is 0. The lowest BCUT2D eigenvalue weighted by Gasteiger charge is -2.23. The standard InChI is InChI=1S/C13H26N2O3/c1-4-5-6-7-8-14-13(18)15(9-11(2)3)10-12(16)17/h11H,4-10H2,1-3H3,(H,14,18)(H,16,17). The lowest BCUT2D eigenvalue weighted by Crippen LogP contribution is -2.44. The number of nitrogens with zero attached hydrogens (tertiary/aromatic N) is 1. The zero-order valence-electron chi connectivity index (χ0n) is 11.7. The van der Waals surface area contributed by atoms with Crippen molar-refractivity contribution in [3.63, 3.8) is 0 Å². The summed E-state index contributed by atoms with van der Waals surface area (Å²) in [5.41, 5.74) is 0. The number of carbonyl (C=O) groups excluding carboxylic acids is 1. The smallest absolute Gasteiger partial charge is 0.323 e. The molecule has 106 valence electrons. The number of aliphatic carboxylic acids is 1. The second kappa shape index (κ2) is 9.74. The molecule has 2 N–H and O–H groups in total. The van der Waals surface area contributed by atoms with E-state index in [0.717, 1.165) is 19.3 Å². The van der Waals surface area contributed by atoms with E-state index in [-0.39, 0.29) is 18.5 Å². The highest BCUT2D eigenvalue weighted by Gasteiger charge is 2.17. The Bertz CT molecular complexity index is 255. The maximum absolute atomic E-state index is 11.8. The second-order valence-electron chi connectivity index (χ2n) is 4.96. The van der Waals surface area contributed by atoms with E-state index in [1.165, 1.54) is 11.3 Å². The molecule has 0 aromatic heterocycles. The first-order chi connectivity index (χ1) is 8.47. The summed E-state index contributed by atoms with van der Waals surface area (Å²) in [6, 6.07) is -0.275. The number of hydrogen-bond donors (Lipinski definition) is 2. The van der Waals surface area contributed by atoms with Crippen molar-refractivity contribution in [2.75, 3.05) is 19.6 Å². The van der Waals surface area contributed by atoms with Gasteiger partial charge in [-0.15, -0.1) is 0 Å². The highest BCUT2D eigenvalue weighted by molar-refractivity contribution is 5.80. The van der Waals surface area contributed by atoms with E-state index in [1.807, 2.05) is 13.8 Å². The van der Waals surface area contributed by atoms with E-state index < -0.39 is 5.97 Å².